The van der Waals surface area contributed by atoms with Gasteiger partial charge < -0.3 is 19.9 Å². The topological polar surface area (TPSA) is 70.6 Å². The lowest BCUT2D eigenvalue weighted by Gasteiger charge is -2.36. The van der Waals surface area contributed by atoms with Crippen LogP contribution in [0.25, 0.3) is 0 Å². The summed E-state index contributed by atoms with van der Waals surface area (Å²) in [7, 11) is 0. The van der Waals surface area contributed by atoms with Gasteiger partial charge in [0.2, 0.25) is 5.91 Å². The van der Waals surface area contributed by atoms with Crippen LogP contribution < -0.4 is 15.1 Å². The number of benzene rings is 1. The number of nitrogens with zero attached hydrogens (tertiary/aromatic N) is 4. The minimum absolute atomic E-state index is 0.160. The third kappa shape index (κ3) is 4.59. The number of halogens is 2. The maximum atomic E-state index is 13.9. The smallest absolute Gasteiger partial charge is 0.227 e. The Hall–Kier alpha value is -2.45. The average Bonchev–Trinajstić information content (AvgIpc) is 2.76. The molecule has 29 heavy (non-hydrogen) atoms. The van der Waals surface area contributed by atoms with E-state index in [9.17, 15) is 9.18 Å². The van der Waals surface area contributed by atoms with E-state index < -0.39 is 5.82 Å². The molecule has 0 aliphatic carbocycles. The number of amides is 1. The number of piperidine rings is 1. The van der Waals surface area contributed by atoms with Crippen LogP contribution in [0.15, 0.2) is 30.7 Å². The molecule has 2 aliphatic rings. The van der Waals surface area contributed by atoms with Gasteiger partial charge in [-0.3, -0.25) is 4.79 Å². The van der Waals surface area contributed by atoms with Crippen LogP contribution in [0.5, 0.6) is 0 Å². The molecular weight excluding hydrogens is 397 g/mol. The molecule has 0 spiro atoms. The lowest BCUT2D eigenvalue weighted by atomic mass is 9.95. The molecule has 0 bridgehead atoms. The molecule has 154 valence electrons. The van der Waals surface area contributed by atoms with Crippen LogP contribution in [0.1, 0.15) is 12.8 Å². The van der Waals surface area contributed by atoms with Gasteiger partial charge in [-0.2, -0.15) is 0 Å². The van der Waals surface area contributed by atoms with E-state index in [0.29, 0.717) is 44.2 Å². The van der Waals surface area contributed by atoms with Gasteiger partial charge in [0, 0.05) is 37.1 Å². The van der Waals surface area contributed by atoms with E-state index in [0.717, 1.165) is 24.6 Å². The fraction of sp³-hybridized carbons (Fsp3) is 0.450. The van der Waals surface area contributed by atoms with Crippen molar-refractivity contribution in [2.24, 2.45) is 5.92 Å². The van der Waals surface area contributed by atoms with Crippen LogP contribution in [0.2, 0.25) is 5.02 Å². The van der Waals surface area contributed by atoms with Crippen molar-refractivity contribution >= 4 is 34.7 Å². The summed E-state index contributed by atoms with van der Waals surface area (Å²) in [5.41, 5.74) is 1.14. The Labute approximate surface area is 173 Å². The molecule has 1 N–H and O–H groups in total. The van der Waals surface area contributed by atoms with Crippen molar-refractivity contribution in [3.63, 3.8) is 0 Å². The first-order valence-electron chi connectivity index (χ1n) is 9.75. The molecule has 1 aromatic carbocycles. The number of hydrogen-bond acceptors (Lipinski definition) is 6. The first-order chi connectivity index (χ1) is 14.1. The lowest BCUT2D eigenvalue weighted by molar-refractivity contribution is -0.120. The van der Waals surface area contributed by atoms with Gasteiger partial charge in [0.15, 0.2) is 5.82 Å². The summed E-state index contributed by atoms with van der Waals surface area (Å²) >= 11 is 5.77. The average molecular weight is 420 g/mol. The summed E-state index contributed by atoms with van der Waals surface area (Å²) in [6, 6.07) is 4.24. The van der Waals surface area contributed by atoms with Crippen LogP contribution in [-0.4, -0.2) is 55.3 Å². The van der Waals surface area contributed by atoms with E-state index in [1.807, 2.05) is 6.20 Å². The molecule has 4 rings (SSSR count). The van der Waals surface area contributed by atoms with E-state index in [2.05, 4.69) is 25.1 Å². The highest BCUT2D eigenvalue weighted by Crippen LogP contribution is 2.31. The maximum absolute atomic E-state index is 13.9. The molecule has 2 aromatic rings. The van der Waals surface area contributed by atoms with Crippen LogP contribution >= 0.6 is 11.6 Å². The SMILES string of the molecule is O=C(Nc1ccc(Cl)cc1F)C1CCN(c2cncnc2N2CCOCC2)CC1. The summed E-state index contributed by atoms with van der Waals surface area (Å²) in [5.74, 6) is 0.0516. The molecule has 0 radical (unpaired) electrons. The first kappa shape index (κ1) is 19.8. The van der Waals surface area contributed by atoms with Crippen molar-refractivity contribution in [1.29, 1.82) is 0 Å². The summed E-state index contributed by atoms with van der Waals surface area (Å²) in [5, 5.41) is 2.99. The number of hydrogen-bond donors (Lipinski definition) is 1. The summed E-state index contributed by atoms with van der Waals surface area (Å²) in [6.07, 6.45) is 4.76. The minimum atomic E-state index is -0.528. The zero-order valence-electron chi connectivity index (χ0n) is 16.0. The van der Waals surface area contributed by atoms with E-state index in [-0.39, 0.29) is 17.5 Å². The Morgan fingerprint density at radius 2 is 1.93 bits per heavy atom. The molecule has 0 unspecified atom stereocenters. The van der Waals surface area contributed by atoms with Crippen molar-refractivity contribution in [1.82, 2.24) is 9.97 Å². The van der Waals surface area contributed by atoms with Crippen molar-refractivity contribution in [2.75, 3.05) is 54.5 Å². The van der Waals surface area contributed by atoms with E-state index in [4.69, 9.17) is 16.3 Å². The zero-order chi connectivity index (χ0) is 20.2. The number of carbonyl (C=O) groups is 1. The van der Waals surface area contributed by atoms with Crippen molar-refractivity contribution in [3.05, 3.63) is 41.6 Å². The first-order valence-corrected chi connectivity index (χ1v) is 10.1. The van der Waals surface area contributed by atoms with Gasteiger partial charge in [0.05, 0.1) is 30.8 Å². The highest BCUT2D eigenvalue weighted by molar-refractivity contribution is 6.30. The minimum Gasteiger partial charge on any atom is -0.378 e. The quantitative estimate of drug-likeness (QED) is 0.821. The van der Waals surface area contributed by atoms with Gasteiger partial charge >= 0.3 is 0 Å². The van der Waals surface area contributed by atoms with Crippen LogP contribution in [0.3, 0.4) is 0 Å². The highest BCUT2D eigenvalue weighted by atomic mass is 35.5. The third-order valence-corrected chi connectivity index (χ3v) is 5.61. The summed E-state index contributed by atoms with van der Waals surface area (Å²) in [4.78, 5) is 25.7. The third-order valence-electron chi connectivity index (χ3n) is 5.38. The molecule has 9 heteroatoms. The molecule has 2 saturated heterocycles. The normalized spacial score (nSPS) is 18.0. The van der Waals surface area contributed by atoms with Crippen LogP contribution in [0, 0.1) is 11.7 Å². The monoisotopic (exact) mass is 419 g/mol. The van der Waals surface area contributed by atoms with Gasteiger partial charge in [-0.25, -0.2) is 14.4 Å². The highest BCUT2D eigenvalue weighted by Gasteiger charge is 2.28. The molecule has 0 saturated carbocycles. The Kier molecular flexibility index (Phi) is 6.10. The van der Waals surface area contributed by atoms with Crippen molar-refractivity contribution in [2.45, 2.75) is 12.8 Å². The Morgan fingerprint density at radius 3 is 2.66 bits per heavy atom. The summed E-state index contributed by atoms with van der Waals surface area (Å²) < 4.78 is 19.4. The maximum Gasteiger partial charge on any atom is 0.227 e. The van der Waals surface area contributed by atoms with Crippen molar-refractivity contribution < 1.29 is 13.9 Å². The Morgan fingerprint density at radius 1 is 1.17 bits per heavy atom. The van der Waals surface area contributed by atoms with E-state index in [1.165, 1.54) is 12.1 Å². The molecule has 2 aliphatic heterocycles. The Bertz CT molecular complexity index is 870. The zero-order valence-corrected chi connectivity index (χ0v) is 16.7. The molecule has 0 atom stereocenters. The predicted octanol–water partition coefficient (Wildman–Crippen LogP) is 2.96. The molecule has 1 amide bonds. The molecule has 3 heterocycles. The van der Waals surface area contributed by atoms with Gasteiger partial charge in [-0.1, -0.05) is 11.6 Å². The number of anilines is 3. The lowest BCUT2D eigenvalue weighted by Crippen LogP contribution is -2.41. The number of nitrogens with one attached hydrogen (secondary N) is 1. The predicted molar refractivity (Wildman–Crippen MR) is 110 cm³/mol. The molecule has 7 nitrogen and oxygen atoms in total. The number of ether oxygens (including phenoxy) is 1. The standard InChI is InChI=1S/C20H23ClFN5O2/c21-15-1-2-17(16(22)11-15)25-20(28)14-3-5-26(6-4-14)18-12-23-13-24-19(18)27-7-9-29-10-8-27/h1-2,11-14H,3-10H2,(H,25,28). The van der Waals surface area contributed by atoms with Gasteiger partial charge in [0.1, 0.15) is 12.1 Å². The van der Waals surface area contributed by atoms with Gasteiger partial charge in [-0.15, -0.1) is 0 Å². The largest absolute Gasteiger partial charge is 0.378 e. The number of aromatic nitrogens is 2. The number of rotatable bonds is 4. The molecule has 1 aromatic heterocycles. The number of carbonyl (C=O) groups excluding carboxylic acids is 1. The van der Waals surface area contributed by atoms with Gasteiger partial charge in [0.25, 0.3) is 0 Å². The van der Waals surface area contributed by atoms with E-state index >= 15 is 0 Å². The second kappa shape index (κ2) is 8.92. The molecule has 2 fully saturated rings. The summed E-state index contributed by atoms with van der Waals surface area (Å²) in [6.45, 7) is 4.41. The van der Waals surface area contributed by atoms with Crippen LogP contribution in [-0.2, 0) is 9.53 Å². The van der Waals surface area contributed by atoms with Gasteiger partial charge in [-0.05, 0) is 31.0 Å². The fourth-order valence-electron chi connectivity index (χ4n) is 3.77. The Balaban J connectivity index is 1.39. The van der Waals surface area contributed by atoms with Crippen LogP contribution in [0.4, 0.5) is 21.6 Å². The van der Waals surface area contributed by atoms with E-state index in [1.54, 1.807) is 12.4 Å². The molecular formula is C20H23ClFN5O2. The second-order valence-electron chi connectivity index (χ2n) is 7.21. The number of morpholine rings is 1. The second-order valence-corrected chi connectivity index (χ2v) is 7.64. The van der Waals surface area contributed by atoms with Crippen molar-refractivity contribution in [3.8, 4) is 0 Å². The fourth-order valence-corrected chi connectivity index (χ4v) is 3.92.